The Kier molecular flexibility index (Phi) is 7.59. The van der Waals surface area contributed by atoms with Crippen LogP contribution in [-0.2, 0) is 4.74 Å². The van der Waals surface area contributed by atoms with E-state index in [0.717, 1.165) is 12.8 Å². The lowest BCUT2D eigenvalue weighted by Crippen LogP contribution is -2.27. The van der Waals surface area contributed by atoms with E-state index in [9.17, 15) is 4.79 Å². The molecule has 1 aliphatic heterocycles. The monoisotopic (exact) mass is 401 g/mol. The molecule has 2 atom stereocenters. The molecule has 1 fully saturated rings. The molecular weight excluding hydrogens is 366 g/mol. The molecule has 2 unspecified atom stereocenters. The molecule has 0 radical (unpaired) electrons. The Morgan fingerprint density at radius 1 is 0.964 bits per heavy atom. The van der Waals surface area contributed by atoms with Crippen LogP contribution >= 0.6 is 10.0 Å². The summed E-state index contributed by atoms with van der Waals surface area (Å²) in [5.41, 5.74) is 0. The fourth-order valence-electron chi connectivity index (χ4n) is 3.37. The van der Waals surface area contributed by atoms with Crippen molar-refractivity contribution < 1.29 is 9.53 Å². The first-order valence-corrected chi connectivity index (χ1v) is 12.1. The van der Waals surface area contributed by atoms with Gasteiger partial charge in [0.25, 0.3) is 0 Å². The summed E-state index contributed by atoms with van der Waals surface area (Å²) in [6, 6.07) is 22.1. The molecule has 1 saturated heterocycles. The number of cyclic esters (lactones) is 1. The number of hydrogen-bond donors (Lipinski definition) is 1. The van der Waals surface area contributed by atoms with E-state index in [1.807, 2.05) is 6.92 Å². The highest BCUT2D eigenvalue weighted by Crippen LogP contribution is 2.67. The van der Waals surface area contributed by atoms with E-state index >= 15 is 0 Å². The average molecular weight is 402 g/mol. The topological polar surface area (TPSA) is 38.3 Å². The third-order valence-electron chi connectivity index (χ3n) is 5.39. The normalized spacial score (nSPS) is 19.9. The Bertz CT molecular complexity index is 701. The smallest absolute Gasteiger partial charge is 0.407 e. The Morgan fingerprint density at radius 3 is 1.75 bits per heavy atom. The third kappa shape index (κ3) is 5.11. The highest BCUT2D eigenvalue weighted by Gasteiger charge is 2.35. The predicted octanol–water partition coefficient (Wildman–Crippen LogP) is 6.62. The van der Waals surface area contributed by atoms with Gasteiger partial charge in [0.2, 0.25) is 0 Å². The number of hydrogen-bond acceptors (Lipinski definition) is 2. The number of rotatable bonds is 4. The summed E-state index contributed by atoms with van der Waals surface area (Å²) < 4.78 is 5.21. The zero-order chi connectivity index (χ0) is 20.8. The van der Waals surface area contributed by atoms with Crippen molar-refractivity contribution in [3.05, 3.63) is 60.7 Å². The summed E-state index contributed by atoms with van der Waals surface area (Å²) in [4.78, 5) is 13.5. The zero-order valence-corrected chi connectivity index (χ0v) is 18.9. The Labute approximate surface area is 172 Å². The van der Waals surface area contributed by atoms with Gasteiger partial charge in [-0.3, -0.25) is 0 Å². The molecule has 154 valence electrons. The Morgan fingerprint density at radius 2 is 1.43 bits per heavy atom. The zero-order valence-electron chi connectivity index (χ0n) is 18.1. The molecule has 0 bridgehead atoms. The van der Waals surface area contributed by atoms with Crippen LogP contribution in [0.2, 0.25) is 0 Å². The first-order chi connectivity index (χ1) is 13.2. The van der Waals surface area contributed by atoms with Crippen LogP contribution in [0, 0.1) is 0 Å². The van der Waals surface area contributed by atoms with E-state index in [0.29, 0.717) is 0 Å². The van der Waals surface area contributed by atoms with Crippen molar-refractivity contribution in [1.29, 1.82) is 0 Å². The van der Waals surface area contributed by atoms with Crippen molar-refractivity contribution in [3.8, 4) is 0 Å². The fourth-order valence-corrected chi connectivity index (χ4v) is 6.46. The Hall–Kier alpha value is -1.94. The number of benzene rings is 2. The summed E-state index contributed by atoms with van der Waals surface area (Å²) in [5, 5.41) is 2.69. The van der Waals surface area contributed by atoms with E-state index in [4.69, 9.17) is 4.74 Å². The third-order valence-corrected chi connectivity index (χ3v) is 10.3. The van der Waals surface area contributed by atoms with Gasteiger partial charge in [-0.2, -0.15) is 10.0 Å². The maximum absolute atomic E-state index is 10.6. The minimum absolute atomic E-state index is 0.0949. The molecule has 1 N–H and O–H groups in total. The molecule has 2 aromatic carbocycles. The number of amides is 1. The molecule has 0 aliphatic carbocycles. The van der Waals surface area contributed by atoms with E-state index in [1.54, 1.807) is 0 Å². The summed E-state index contributed by atoms with van der Waals surface area (Å²) in [6.07, 6.45) is 4.27. The molecule has 1 amide bonds. The van der Waals surface area contributed by atoms with Gasteiger partial charge < -0.3 is 10.1 Å². The van der Waals surface area contributed by atoms with E-state index in [1.165, 1.54) is 9.79 Å². The lowest BCUT2D eigenvalue weighted by atomic mass is 10.1. The fraction of sp³-hybridized carbons (Fsp3) is 0.458. The van der Waals surface area contributed by atoms with Crippen LogP contribution < -0.4 is 5.32 Å². The van der Waals surface area contributed by atoms with Crippen LogP contribution in [0.1, 0.15) is 47.5 Å². The first kappa shape index (κ1) is 22.4. The van der Waals surface area contributed by atoms with Crippen molar-refractivity contribution in [2.75, 3.05) is 6.26 Å². The van der Waals surface area contributed by atoms with Gasteiger partial charge in [-0.1, -0.05) is 70.5 Å². The van der Waals surface area contributed by atoms with Crippen molar-refractivity contribution >= 4 is 16.1 Å². The second-order valence-corrected chi connectivity index (χ2v) is 12.3. The first-order valence-electron chi connectivity index (χ1n) is 10.1. The summed E-state index contributed by atoms with van der Waals surface area (Å²) >= 11 is 0. The van der Waals surface area contributed by atoms with Gasteiger partial charge in [0.15, 0.2) is 0 Å². The number of carbonyl (C=O) groups is 1. The molecule has 1 heterocycles. The van der Waals surface area contributed by atoms with Crippen LogP contribution in [0.3, 0.4) is 0 Å². The van der Waals surface area contributed by atoms with Gasteiger partial charge in [0.1, 0.15) is 6.10 Å². The second-order valence-electron chi connectivity index (χ2n) is 8.32. The summed E-state index contributed by atoms with van der Waals surface area (Å²) in [6.45, 7) is 11.1. The predicted molar refractivity (Wildman–Crippen MR) is 120 cm³/mol. The van der Waals surface area contributed by atoms with Crippen molar-refractivity contribution in [2.45, 2.75) is 74.1 Å². The maximum atomic E-state index is 10.6. The van der Waals surface area contributed by atoms with Gasteiger partial charge in [0, 0.05) is 0 Å². The molecular formula is C24H35NO2S. The largest absolute Gasteiger partial charge is 0.444 e. The van der Waals surface area contributed by atoms with Gasteiger partial charge in [0.05, 0.1) is 6.04 Å². The van der Waals surface area contributed by atoms with E-state index < -0.39 is 10.0 Å². The molecule has 3 nitrogen and oxygen atoms in total. The highest BCUT2D eigenvalue weighted by atomic mass is 32.3. The van der Waals surface area contributed by atoms with Gasteiger partial charge in [-0.05, 0) is 58.4 Å². The standard InChI is InChI=1S/C17H22S.C7H13NO2/c1-17(2,3)18(4,15-11-7-5-8-12-15)16-13-9-6-10-14-16;1-3-4-6-5(2)8-7(9)10-6/h5-14H,1-4H3;5-6H,3-4H2,1-2H3,(H,8,9). The maximum Gasteiger partial charge on any atom is 0.407 e. The van der Waals surface area contributed by atoms with Gasteiger partial charge in [-0.15, -0.1) is 0 Å². The molecule has 1 aliphatic rings. The van der Waals surface area contributed by atoms with Crippen LogP contribution in [0.25, 0.3) is 0 Å². The number of nitrogens with one attached hydrogen (secondary N) is 1. The molecule has 4 heteroatoms. The van der Waals surface area contributed by atoms with E-state index in [2.05, 4.69) is 99.9 Å². The number of ether oxygens (including phenoxy) is 1. The SMILES string of the molecule is CC(C)(C)S(C)(c1ccccc1)c1ccccc1.CCCC1OC(=O)NC1C. The highest BCUT2D eigenvalue weighted by molar-refractivity contribution is 8.34. The average Bonchev–Trinajstić information content (AvgIpc) is 2.99. The molecule has 2 aromatic rings. The van der Waals surface area contributed by atoms with Crippen LogP contribution in [0.4, 0.5) is 4.79 Å². The van der Waals surface area contributed by atoms with Gasteiger partial charge >= 0.3 is 6.09 Å². The van der Waals surface area contributed by atoms with Crippen molar-refractivity contribution in [2.24, 2.45) is 0 Å². The molecule has 28 heavy (non-hydrogen) atoms. The minimum Gasteiger partial charge on any atom is -0.444 e. The van der Waals surface area contributed by atoms with Crippen molar-refractivity contribution in [3.63, 3.8) is 0 Å². The number of alkyl carbamates (subject to hydrolysis) is 1. The Balaban J connectivity index is 0.000000237. The second kappa shape index (κ2) is 9.51. The molecule has 3 rings (SSSR count). The summed E-state index contributed by atoms with van der Waals surface area (Å²) in [5.74, 6) is 0. The molecule has 0 spiro atoms. The lowest BCUT2D eigenvalue weighted by molar-refractivity contribution is 0.127. The number of carbonyl (C=O) groups excluding carboxylic acids is 1. The molecule has 0 aromatic heterocycles. The van der Waals surface area contributed by atoms with Crippen LogP contribution in [0.15, 0.2) is 70.5 Å². The lowest BCUT2D eigenvalue weighted by Gasteiger charge is -2.48. The minimum atomic E-state index is -1.01. The van der Waals surface area contributed by atoms with E-state index in [-0.39, 0.29) is 23.0 Å². The van der Waals surface area contributed by atoms with Crippen molar-refractivity contribution in [1.82, 2.24) is 5.32 Å². The molecule has 0 saturated carbocycles. The van der Waals surface area contributed by atoms with Crippen LogP contribution in [-0.4, -0.2) is 29.2 Å². The quantitative estimate of drug-likeness (QED) is 0.625. The summed E-state index contributed by atoms with van der Waals surface area (Å²) in [7, 11) is -1.01. The van der Waals surface area contributed by atoms with Gasteiger partial charge in [-0.25, -0.2) is 4.79 Å². The van der Waals surface area contributed by atoms with Crippen LogP contribution in [0.5, 0.6) is 0 Å².